The van der Waals surface area contributed by atoms with Crippen molar-refractivity contribution in [2.45, 2.75) is 63.8 Å². The topological polar surface area (TPSA) is 75.7 Å². The van der Waals surface area contributed by atoms with Gasteiger partial charge in [-0.25, -0.2) is 0 Å². The summed E-state index contributed by atoms with van der Waals surface area (Å²) < 4.78 is 5.75. The van der Waals surface area contributed by atoms with Crippen LogP contribution in [0.15, 0.2) is 24.3 Å². The van der Waals surface area contributed by atoms with Crippen molar-refractivity contribution in [1.29, 1.82) is 0 Å². The van der Waals surface area contributed by atoms with Crippen LogP contribution in [0.2, 0.25) is 0 Å². The molecule has 0 radical (unpaired) electrons. The lowest BCUT2D eigenvalue weighted by atomic mass is 9.94. The Labute approximate surface area is 140 Å². The maximum atomic E-state index is 9.19. The van der Waals surface area contributed by atoms with Crippen molar-refractivity contribution in [2.75, 3.05) is 19.8 Å². The van der Waals surface area contributed by atoms with Crippen LogP contribution < -0.4 is 10.5 Å². The number of rotatable bonds is 13. The molecule has 0 saturated carbocycles. The van der Waals surface area contributed by atoms with Gasteiger partial charge in [-0.05, 0) is 37.0 Å². The highest BCUT2D eigenvalue weighted by Crippen LogP contribution is 2.16. The molecular formula is C19H33NO3. The molecule has 0 aromatic heterocycles. The number of unbranched alkanes of at least 4 members (excludes halogenated alkanes) is 5. The van der Waals surface area contributed by atoms with E-state index < -0.39 is 5.54 Å². The average Bonchev–Trinajstić information content (AvgIpc) is 2.60. The van der Waals surface area contributed by atoms with Crippen LogP contribution in [-0.4, -0.2) is 35.6 Å². The Morgan fingerprint density at radius 1 is 0.957 bits per heavy atom. The first kappa shape index (κ1) is 19.9. The number of hydrogen-bond acceptors (Lipinski definition) is 4. The van der Waals surface area contributed by atoms with Gasteiger partial charge in [-0.2, -0.15) is 0 Å². The summed E-state index contributed by atoms with van der Waals surface area (Å²) in [7, 11) is 0. The van der Waals surface area contributed by atoms with Gasteiger partial charge in [-0.15, -0.1) is 0 Å². The van der Waals surface area contributed by atoms with Gasteiger partial charge in [-0.3, -0.25) is 0 Å². The van der Waals surface area contributed by atoms with E-state index in [-0.39, 0.29) is 13.2 Å². The molecule has 1 aromatic rings. The highest BCUT2D eigenvalue weighted by Gasteiger charge is 2.22. The molecule has 0 aliphatic carbocycles. The molecule has 0 saturated heterocycles. The van der Waals surface area contributed by atoms with Crippen molar-refractivity contribution < 1.29 is 14.9 Å². The minimum Gasteiger partial charge on any atom is -0.494 e. The third-order valence-corrected chi connectivity index (χ3v) is 4.23. The van der Waals surface area contributed by atoms with E-state index in [0.717, 1.165) is 30.8 Å². The molecule has 0 aliphatic heterocycles. The lowest BCUT2D eigenvalue weighted by molar-refractivity contribution is 0.115. The molecule has 1 rings (SSSR count). The molecule has 0 bridgehead atoms. The summed E-state index contributed by atoms with van der Waals surface area (Å²) in [5.41, 5.74) is 6.11. The van der Waals surface area contributed by atoms with Gasteiger partial charge in [-0.1, -0.05) is 51.2 Å². The molecule has 132 valence electrons. The summed E-state index contributed by atoms with van der Waals surface area (Å²) in [6.45, 7) is 2.59. The lowest BCUT2D eigenvalue weighted by Gasteiger charge is -2.24. The predicted molar refractivity (Wildman–Crippen MR) is 94.7 cm³/mol. The van der Waals surface area contributed by atoms with Crippen LogP contribution in [0.4, 0.5) is 0 Å². The fraction of sp³-hybridized carbons (Fsp3) is 0.684. The van der Waals surface area contributed by atoms with E-state index in [2.05, 4.69) is 6.92 Å². The number of hydrogen-bond donors (Lipinski definition) is 3. The number of nitrogens with two attached hydrogens (primary N) is 1. The van der Waals surface area contributed by atoms with Crippen LogP contribution in [0.5, 0.6) is 5.75 Å². The Balaban J connectivity index is 2.23. The highest BCUT2D eigenvalue weighted by molar-refractivity contribution is 5.27. The SMILES string of the molecule is CCCCCCCCOc1ccc(CCC(N)(CO)CO)cc1. The van der Waals surface area contributed by atoms with Crippen molar-refractivity contribution in [1.82, 2.24) is 0 Å². The molecule has 0 heterocycles. The molecule has 0 amide bonds. The smallest absolute Gasteiger partial charge is 0.119 e. The Bertz CT molecular complexity index is 402. The zero-order valence-electron chi connectivity index (χ0n) is 14.5. The van der Waals surface area contributed by atoms with Crippen molar-refractivity contribution in [3.63, 3.8) is 0 Å². The largest absolute Gasteiger partial charge is 0.494 e. The molecule has 4 heteroatoms. The first-order valence-corrected chi connectivity index (χ1v) is 8.86. The van der Waals surface area contributed by atoms with E-state index >= 15 is 0 Å². The van der Waals surface area contributed by atoms with E-state index in [9.17, 15) is 10.2 Å². The van der Waals surface area contributed by atoms with Crippen LogP contribution in [0.25, 0.3) is 0 Å². The summed E-state index contributed by atoms with van der Waals surface area (Å²) in [5.74, 6) is 0.894. The first-order chi connectivity index (χ1) is 11.1. The molecule has 0 fully saturated rings. The van der Waals surface area contributed by atoms with Gasteiger partial charge in [0, 0.05) is 0 Å². The van der Waals surface area contributed by atoms with E-state index in [4.69, 9.17) is 10.5 Å². The summed E-state index contributed by atoms with van der Waals surface area (Å²) >= 11 is 0. The van der Waals surface area contributed by atoms with Gasteiger partial charge < -0.3 is 20.7 Å². The number of ether oxygens (including phenoxy) is 1. The summed E-state index contributed by atoms with van der Waals surface area (Å²) in [6, 6.07) is 7.99. The van der Waals surface area contributed by atoms with Gasteiger partial charge in [0.2, 0.25) is 0 Å². The molecule has 4 N–H and O–H groups in total. The maximum absolute atomic E-state index is 9.19. The Hall–Kier alpha value is -1.10. The number of benzene rings is 1. The molecule has 0 unspecified atom stereocenters. The fourth-order valence-electron chi connectivity index (χ4n) is 2.43. The van der Waals surface area contributed by atoms with Crippen molar-refractivity contribution in [2.24, 2.45) is 5.73 Å². The van der Waals surface area contributed by atoms with Crippen LogP contribution in [0, 0.1) is 0 Å². The summed E-state index contributed by atoms with van der Waals surface area (Å²) in [6.07, 6.45) is 8.87. The van der Waals surface area contributed by atoms with Crippen molar-refractivity contribution in [3.05, 3.63) is 29.8 Å². The maximum Gasteiger partial charge on any atom is 0.119 e. The van der Waals surface area contributed by atoms with Crippen LogP contribution >= 0.6 is 0 Å². The number of aliphatic hydroxyl groups excluding tert-OH is 2. The van der Waals surface area contributed by atoms with Crippen LogP contribution in [0.1, 0.15) is 57.4 Å². The van der Waals surface area contributed by atoms with Gasteiger partial charge in [0.25, 0.3) is 0 Å². The van der Waals surface area contributed by atoms with Crippen molar-refractivity contribution >= 4 is 0 Å². The first-order valence-electron chi connectivity index (χ1n) is 8.86. The Kier molecular flexibility index (Phi) is 9.92. The highest BCUT2D eigenvalue weighted by atomic mass is 16.5. The number of aliphatic hydroxyl groups is 2. The molecule has 4 nitrogen and oxygen atoms in total. The molecule has 23 heavy (non-hydrogen) atoms. The fourth-order valence-corrected chi connectivity index (χ4v) is 2.43. The molecular weight excluding hydrogens is 290 g/mol. The molecule has 1 aromatic carbocycles. The Morgan fingerprint density at radius 2 is 1.57 bits per heavy atom. The second kappa shape index (κ2) is 11.4. The predicted octanol–water partition coefficient (Wildman–Crippen LogP) is 3.04. The zero-order valence-corrected chi connectivity index (χ0v) is 14.5. The van der Waals surface area contributed by atoms with E-state index in [0.29, 0.717) is 6.42 Å². The Morgan fingerprint density at radius 3 is 2.17 bits per heavy atom. The summed E-state index contributed by atoms with van der Waals surface area (Å²) in [4.78, 5) is 0. The quantitative estimate of drug-likeness (QED) is 0.488. The van der Waals surface area contributed by atoms with Crippen LogP contribution in [-0.2, 0) is 6.42 Å². The molecule has 0 atom stereocenters. The minimum absolute atomic E-state index is 0.205. The second-order valence-corrected chi connectivity index (χ2v) is 6.44. The van der Waals surface area contributed by atoms with Crippen molar-refractivity contribution in [3.8, 4) is 5.75 Å². The third-order valence-electron chi connectivity index (χ3n) is 4.23. The van der Waals surface area contributed by atoms with E-state index in [1.807, 2.05) is 24.3 Å². The van der Waals surface area contributed by atoms with Gasteiger partial charge in [0.05, 0.1) is 25.4 Å². The van der Waals surface area contributed by atoms with E-state index in [1.54, 1.807) is 0 Å². The normalized spacial score (nSPS) is 11.7. The molecule has 0 aliphatic rings. The second-order valence-electron chi connectivity index (χ2n) is 6.44. The average molecular weight is 323 g/mol. The van der Waals surface area contributed by atoms with Gasteiger partial charge >= 0.3 is 0 Å². The number of aryl methyl sites for hydroxylation is 1. The summed E-state index contributed by atoms with van der Waals surface area (Å²) in [5, 5.41) is 18.4. The van der Waals surface area contributed by atoms with Crippen LogP contribution in [0.3, 0.4) is 0 Å². The zero-order chi connectivity index (χ0) is 17.0. The monoisotopic (exact) mass is 323 g/mol. The standard InChI is InChI=1S/C19H33NO3/c1-2-3-4-5-6-7-14-23-18-10-8-17(9-11-18)12-13-19(20,15-21)16-22/h8-11,21-22H,2-7,12-16,20H2,1H3. The van der Waals surface area contributed by atoms with Gasteiger partial charge in [0.15, 0.2) is 0 Å². The third kappa shape index (κ3) is 8.35. The van der Waals surface area contributed by atoms with E-state index in [1.165, 1.54) is 32.1 Å². The van der Waals surface area contributed by atoms with Gasteiger partial charge in [0.1, 0.15) is 5.75 Å². The lowest BCUT2D eigenvalue weighted by Crippen LogP contribution is -2.47. The molecule has 0 spiro atoms. The minimum atomic E-state index is -0.896.